The number of benzene rings is 2. The predicted molar refractivity (Wildman–Crippen MR) is 116 cm³/mol. The van der Waals surface area contributed by atoms with Crippen LogP contribution >= 0.6 is 11.3 Å². The molecule has 3 aromatic rings. The van der Waals surface area contributed by atoms with Crippen molar-refractivity contribution in [1.82, 2.24) is 4.98 Å². The molecule has 156 valence electrons. The molecule has 0 amide bonds. The fraction of sp³-hybridized carbons (Fsp3) is 0.190. The van der Waals surface area contributed by atoms with E-state index in [0.717, 1.165) is 22.5 Å². The molecule has 0 radical (unpaired) electrons. The maximum absolute atomic E-state index is 12.2. The Bertz CT molecular complexity index is 1030. The fourth-order valence-corrected chi connectivity index (χ4v) is 3.58. The van der Waals surface area contributed by atoms with E-state index in [2.05, 4.69) is 15.5 Å². The second kappa shape index (κ2) is 9.75. The van der Waals surface area contributed by atoms with Crippen LogP contribution < -0.4 is 19.6 Å². The Balaban J connectivity index is 1.86. The highest BCUT2D eigenvalue weighted by molar-refractivity contribution is 7.17. The van der Waals surface area contributed by atoms with Gasteiger partial charge in [0.05, 0.1) is 40.3 Å². The van der Waals surface area contributed by atoms with E-state index in [1.54, 1.807) is 39.7 Å². The van der Waals surface area contributed by atoms with Crippen LogP contribution in [0.4, 0.5) is 5.13 Å². The van der Waals surface area contributed by atoms with Gasteiger partial charge in [0.2, 0.25) is 10.9 Å². The molecule has 9 heteroatoms. The first kappa shape index (κ1) is 21.1. The van der Waals surface area contributed by atoms with Gasteiger partial charge in [0, 0.05) is 11.1 Å². The van der Waals surface area contributed by atoms with Gasteiger partial charge in [-0.2, -0.15) is 5.10 Å². The summed E-state index contributed by atoms with van der Waals surface area (Å²) in [6.45, 7) is 0. The second-order valence-corrected chi connectivity index (χ2v) is 6.88. The molecule has 0 spiro atoms. The highest BCUT2D eigenvalue weighted by Crippen LogP contribution is 2.38. The van der Waals surface area contributed by atoms with Gasteiger partial charge < -0.3 is 18.9 Å². The number of methoxy groups -OCH3 is 4. The highest BCUT2D eigenvalue weighted by Gasteiger charge is 2.20. The number of carbonyl (C=O) groups excluding carboxylic acids is 1. The first-order valence-electron chi connectivity index (χ1n) is 8.84. The summed E-state index contributed by atoms with van der Waals surface area (Å²) in [4.78, 5) is 17.1. The van der Waals surface area contributed by atoms with Crippen LogP contribution in [0.1, 0.15) is 15.2 Å². The summed E-state index contributed by atoms with van der Waals surface area (Å²) in [7, 11) is 5.98. The number of nitrogens with one attached hydrogen (secondary N) is 1. The zero-order valence-corrected chi connectivity index (χ0v) is 17.8. The maximum atomic E-state index is 12.2. The average Bonchev–Trinajstić information content (AvgIpc) is 3.22. The normalized spacial score (nSPS) is 10.7. The van der Waals surface area contributed by atoms with Gasteiger partial charge in [0.1, 0.15) is 4.88 Å². The standard InChI is InChI=1S/C21H21N3O5S/c1-26-15-10-13(11-16(27-2)18(15)28-3)12-22-24-21-23-17(14-8-6-5-7-9-14)19(30-21)20(25)29-4/h5-12H,1-4H3,(H,23,24)/b22-12-. The molecule has 30 heavy (non-hydrogen) atoms. The number of anilines is 1. The van der Waals surface area contributed by atoms with Crippen molar-refractivity contribution in [2.45, 2.75) is 0 Å². The van der Waals surface area contributed by atoms with Gasteiger partial charge in [-0.25, -0.2) is 9.78 Å². The third-order valence-corrected chi connectivity index (χ3v) is 5.05. The van der Waals surface area contributed by atoms with Crippen molar-refractivity contribution in [3.8, 4) is 28.5 Å². The minimum absolute atomic E-state index is 0.397. The number of esters is 1. The number of hydrogen-bond donors (Lipinski definition) is 1. The largest absolute Gasteiger partial charge is 0.493 e. The molecular formula is C21H21N3O5S. The van der Waals surface area contributed by atoms with E-state index < -0.39 is 5.97 Å². The Morgan fingerprint density at radius 3 is 2.27 bits per heavy atom. The number of hydrazone groups is 1. The lowest BCUT2D eigenvalue weighted by Crippen LogP contribution is -2.00. The fourth-order valence-electron chi connectivity index (χ4n) is 2.73. The second-order valence-electron chi connectivity index (χ2n) is 5.88. The van der Waals surface area contributed by atoms with E-state index in [1.165, 1.54) is 7.11 Å². The smallest absolute Gasteiger partial charge is 0.350 e. The van der Waals surface area contributed by atoms with Gasteiger partial charge in [0.15, 0.2) is 11.5 Å². The van der Waals surface area contributed by atoms with E-state index in [9.17, 15) is 4.79 Å². The van der Waals surface area contributed by atoms with Crippen molar-refractivity contribution in [3.63, 3.8) is 0 Å². The van der Waals surface area contributed by atoms with Crippen molar-refractivity contribution in [1.29, 1.82) is 0 Å². The van der Waals surface area contributed by atoms with Crippen LogP contribution in [-0.4, -0.2) is 45.6 Å². The molecule has 1 N–H and O–H groups in total. The summed E-state index contributed by atoms with van der Waals surface area (Å²) in [5.41, 5.74) is 4.94. The third-order valence-electron chi connectivity index (χ3n) is 4.11. The summed E-state index contributed by atoms with van der Waals surface area (Å²) in [5.74, 6) is 1.09. The maximum Gasteiger partial charge on any atom is 0.350 e. The van der Waals surface area contributed by atoms with Gasteiger partial charge in [-0.3, -0.25) is 5.43 Å². The third kappa shape index (κ3) is 4.52. The number of nitrogens with zero attached hydrogens (tertiary/aromatic N) is 2. The molecule has 0 saturated carbocycles. The molecule has 2 aromatic carbocycles. The van der Waals surface area contributed by atoms with Crippen LogP contribution in [0.15, 0.2) is 47.6 Å². The Morgan fingerprint density at radius 1 is 1.03 bits per heavy atom. The van der Waals surface area contributed by atoms with Gasteiger partial charge >= 0.3 is 5.97 Å². The Kier molecular flexibility index (Phi) is 6.87. The topological polar surface area (TPSA) is 91.3 Å². The van der Waals surface area contributed by atoms with Crippen LogP contribution in [-0.2, 0) is 4.74 Å². The molecule has 3 rings (SSSR count). The highest BCUT2D eigenvalue weighted by atomic mass is 32.1. The van der Waals surface area contributed by atoms with Gasteiger partial charge in [0.25, 0.3) is 0 Å². The molecule has 1 heterocycles. The number of rotatable bonds is 8. The molecule has 1 aromatic heterocycles. The average molecular weight is 427 g/mol. The van der Waals surface area contributed by atoms with Crippen molar-refractivity contribution in [2.75, 3.05) is 33.9 Å². The van der Waals surface area contributed by atoms with E-state index in [0.29, 0.717) is 33.0 Å². The first-order chi connectivity index (χ1) is 14.6. The lowest BCUT2D eigenvalue weighted by atomic mass is 10.1. The van der Waals surface area contributed by atoms with E-state index in [1.807, 2.05) is 30.3 Å². The zero-order chi connectivity index (χ0) is 21.5. The predicted octanol–water partition coefficient (Wildman–Crippen LogP) is 4.07. The SMILES string of the molecule is COC(=O)c1sc(N/N=C\c2cc(OC)c(OC)c(OC)c2)nc1-c1ccccc1. The number of aromatic nitrogens is 1. The van der Waals surface area contributed by atoms with Crippen molar-refractivity contribution >= 4 is 28.7 Å². The quantitative estimate of drug-likeness (QED) is 0.329. The molecule has 0 fully saturated rings. The lowest BCUT2D eigenvalue weighted by Gasteiger charge is -2.12. The lowest BCUT2D eigenvalue weighted by molar-refractivity contribution is 0.0607. The summed E-state index contributed by atoms with van der Waals surface area (Å²) in [6.07, 6.45) is 1.59. The van der Waals surface area contributed by atoms with Gasteiger partial charge in [-0.15, -0.1) is 0 Å². The molecule has 0 unspecified atom stereocenters. The van der Waals surface area contributed by atoms with Crippen LogP contribution in [0.3, 0.4) is 0 Å². The van der Waals surface area contributed by atoms with Crippen molar-refractivity contribution < 1.29 is 23.7 Å². The molecule has 0 aliphatic rings. The molecule has 0 aliphatic heterocycles. The summed E-state index contributed by atoms with van der Waals surface area (Å²) in [6, 6.07) is 13.0. The minimum atomic E-state index is -0.451. The summed E-state index contributed by atoms with van der Waals surface area (Å²) in [5, 5.41) is 4.68. The van der Waals surface area contributed by atoms with Crippen LogP contribution in [0.25, 0.3) is 11.3 Å². The molecule has 0 aliphatic carbocycles. The number of hydrogen-bond acceptors (Lipinski definition) is 9. The van der Waals surface area contributed by atoms with E-state index in [4.69, 9.17) is 18.9 Å². The van der Waals surface area contributed by atoms with Crippen LogP contribution in [0, 0.1) is 0 Å². The van der Waals surface area contributed by atoms with Crippen LogP contribution in [0.2, 0.25) is 0 Å². The molecule has 0 bridgehead atoms. The molecule has 0 atom stereocenters. The summed E-state index contributed by atoms with van der Waals surface area (Å²) >= 11 is 1.16. The molecular weight excluding hydrogens is 406 g/mol. The van der Waals surface area contributed by atoms with Crippen molar-refractivity contribution in [3.05, 3.63) is 52.9 Å². The Hall–Kier alpha value is -3.59. The van der Waals surface area contributed by atoms with Crippen LogP contribution in [0.5, 0.6) is 17.2 Å². The van der Waals surface area contributed by atoms with E-state index >= 15 is 0 Å². The number of carbonyl (C=O) groups is 1. The number of ether oxygens (including phenoxy) is 4. The summed E-state index contributed by atoms with van der Waals surface area (Å²) < 4.78 is 20.9. The Labute approximate surface area is 178 Å². The first-order valence-corrected chi connectivity index (χ1v) is 9.66. The minimum Gasteiger partial charge on any atom is -0.493 e. The molecule has 8 nitrogen and oxygen atoms in total. The monoisotopic (exact) mass is 427 g/mol. The van der Waals surface area contributed by atoms with Crippen molar-refractivity contribution in [2.24, 2.45) is 5.10 Å². The van der Waals surface area contributed by atoms with Gasteiger partial charge in [-0.1, -0.05) is 41.7 Å². The molecule has 0 saturated heterocycles. The zero-order valence-electron chi connectivity index (χ0n) is 17.0. The van der Waals surface area contributed by atoms with Gasteiger partial charge in [-0.05, 0) is 12.1 Å². The Morgan fingerprint density at radius 2 is 1.70 bits per heavy atom. The van der Waals surface area contributed by atoms with E-state index in [-0.39, 0.29) is 0 Å². The number of thiazole rings is 1.